The third-order valence-corrected chi connectivity index (χ3v) is 6.47. The topological polar surface area (TPSA) is 71.5 Å². The number of nitrogens with zero attached hydrogens (tertiary/aromatic N) is 2. The second kappa shape index (κ2) is 8.96. The molecule has 3 heterocycles. The summed E-state index contributed by atoms with van der Waals surface area (Å²) in [6.07, 6.45) is 5.92. The van der Waals surface area contributed by atoms with E-state index in [0.717, 1.165) is 30.4 Å². The van der Waals surface area contributed by atoms with Crippen molar-refractivity contribution < 1.29 is 14.3 Å². The first kappa shape index (κ1) is 20.5. The summed E-state index contributed by atoms with van der Waals surface area (Å²) < 4.78 is 5.58. The molecule has 2 aliphatic rings. The van der Waals surface area contributed by atoms with Crippen LogP contribution in [0.4, 0.5) is 0 Å². The summed E-state index contributed by atoms with van der Waals surface area (Å²) in [4.78, 5) is 32.2. The van der Waals surface area contributed by atoms with Crippen LogP contribution in [0.1, 0.15) is 34.3 Å². The zero-order valence-electron chi connectivity index (χ0n) is 17.5. The van der Waals surface area contributed by atoms with Crippen molar-refractivity contribution in [1.82, 2.24) is 15.2 Å². The van der Waals surface area contributed by atoms with Crippen LogP contribution in [0.2, 0.25) is 0 Å². The van der Waals surface area contributed by atoms with Gasteiger partial charge < -0.3 is 15.0 Å². The summed E-state index contributed by atoms with van der Waals surface area (Å²) in [7, 11) is 0. The van der Waals surface area contributed by atoms with Crippen molar-refractivity contribution in [2.75, 3.05) is 32.8 Å². The highest BCUT2D eigenvalue weighted by molar-refractivity contribution is 5.95. The number of ether oxygens (including phenoxy) is 1. The zero-order valence-corrected chi connectivity index (χ0v) is 17.5. The molecule has 30 heavy (non-hydrogen) atoms. The van der Waals surface area contributed by atoms with E-state index >= 15 is 0 Å². The fourth-order valence-electron chi connectivity index (χ4n) is 4.73. The van der Waals surface area contributed by atoms with Gasteiger partial charge in [0.05, 0.1) is 5.92 Å². The lowest BCUT2D eigenvalue weighted by molar-refractivity contribution is -0.129. The monoisotopic (exact) mass is 407 g/mol. The number of carbonyl (C=O) groups excluding carboxylic acids is 2. The highest BCUT2D eigenvalue weighted by Gasteiger charge is 2.51. The number of rotatable bonds is 5. The van der Waals surface area contributed by atoms with Crippen molar-refractivity contribution in [2.24, 2.45) is 11.3 Å². The quantitative estimate of drug-likeness (QED) is 0.827. The normalized spacial score (nSPS) is 20.3. The lowest BCUT2D eigenvalue weighted by Gasteiger charge is -2.37. The van der Waals surface area contributed by atoms with Crippen molar-refractivity contribution in [3.8, 4) is 0 Å². The summed E-state index contributed by atoms with van der Waals surface area (Å²) in [5, 5.41) is 3.11. The third-order valence-electron chi connectivity index (χ3n) is 6.47. The van der Waals surface area contributed by atoms with E-state index in [0.29, 0.717) is 38.4 Å². The lowest BCUT2D eigenvalue weighted by atomic mass is 9.71. The Balaban J connectivity index is 1.45. The molecule has 1 atom stereocenters. The van der Waals surface area contributed by atoms with Gasteiger partial charge in [0.15, 0.2) is 0 Å². The Labute approximate surface area is 177 Å². The zero-order chi connectivity index (χ0) is 21.0. The summed E-state index contributed by atoms with van der Waals surface area (Å²) in [5.41, 5.74) is 2.70. The van der Waals surface area contributed by atoms with Gasteiger partial charge in [-0.3, -0.25) is 14.6 Å². The number of pyridine rings is 1. The molecule has 2 aliphatic heterocycles. The van der Waals surface area contributed by atoms with Crippen molar-refractivity contribution in [2.45, 2.75) is 26.2 Å². The summed E-state index contributed by atoms with van der Waals surface area (Å²) in [6, 6.07) is 11.6. The Bertz CT molecular complexity index is 894. The average Bonchev–Trinajstić information content (AvgIpc) is 3.13. The number of aromatic nitrogens is 1. The first-order chi connectivity index (χ1) is 14.6. The van der Waals surface area contributed by atoms with E-state index in [9.17, 15) is 9.59 Å². The molecule has 0 radical (unpaired) electrons. The summed E-state index contributed by atoms with van der Waals surface area (Å²) in [5.74, 6) is -0.144. The molecule has 2 saturated heterocycles. The van der Waals surface area contributed by atoms with E-state index in [4.69, 9.17) is 4.74 Å². The van der Waals surface area contributed by atoms with E-state index in [1.807, 2.05) is 48.2 Å². The molecule has 2 aromatic rings. The van der Waals surface area contributed by atoms with Crippen molar-refractivity contribution in [3.63, 3.8) is 0 Å². The average molecular weight is 408 g/mol. The Morgan fingerprint density at radius 2 is 1.97 bits per heavy atom. The molecular weight excluding hydrogens is 378 g/mol. The lowest BCUT2D eigenvalue weighted by Crippen LogP contribution is -2.44. The Kier molecular flexibility index (Phi) is 6.13. The molecule has 1 aromatic heterocycles. The first-order valence-electron chi connectivity index (χ1n) is 10.7. The van der Waals surface area contributed by atoms with Crippen molar-refractivity contribution in [1.29, 1.82) is 0 Å². The predicted molar refractivity (Wildman–Crippen MR) is 114 cm³/mol. The fraction of sp³-hybridized carbons (Fsp3) is 0.458. The van der Waals surface area contributed by atoms with Gasteiger partial charge in [-0.2, -0.15) is 0 Å². The number of nitrogens with one attached hydrogen (secondary N) is 1. The van der Waals surface area contributed by atoms with E-state index < -0.39 is 0 Å². The molecule has 2 amide bonds. The molecule has 2 fully saturated rings. The molecule has 4 rings (SSSR count). The number of benzene rings is 1. The maximum absolute atomic E-state index is 13.2. The van der Waals surface area contributed by atoms with Crippen molar-refractivity contribution in [3.05, 3.63) is 65.5 Å². The third kappa shape index (κ3) is 4.38. The van der Waals surface area contributed by atoms with Gasteiger partial charge in [0.25, 0.3) is 5.91 Å². The van der Waals surface area contributed by atoms with Gasteiger partial charge >= 0.3 is 0 Å². The second-order valence-electron chi connectivity index (χ2n) is 8.48. The minimum atomic E-state index is -0.201. The van der Waals surface area contributed by atoms with Crippen LogP contribution in [0, 0.1) is 18.3 Å². The number of aryl methyl sites for hydroxylation is 1. The second-order valence-corrected chi connectivity index (χ2v) is 8.48. The smallest absolute Gasteiger partial charge is 0.253 e. The number of likely N-dealkylation sites (tertiary alicyclic amines) is 1. The van der Waals surface area contributed by atoms with Crippen LogP contribution in [-0.4, -0.2) is 54.5 Å². The van der Waals surface area contributed by atoms with Crippen molar-refractivity contribution >= 4 is 11.8 Å². The first-order valence-corrected chi connectivity index (χ1v) is 10.7. The Morgan fingerprint density at radius 1 is 1.20 bits per heavy atom. The molecule has 0 aliphatic carbocycles. The molecule has 0 bridgehead atoms. The van der Waals surface area contributed by atoms with Gasteiger partial charge in [-0.1, -0.05) is 17.7 Å². The van der Waals surface area contributed by atoms with Crippen LogP contribution in [0.3, 0.4) is 0 Å². The van der Waals surface area contributed by atoms with Gasteiger partial charge in [0.2, 0.25) is 5.91 Å². The maximum atomic E-state index is 13.2. The van der Waals surface area contributed by atoms with Crippen LogP contribution >= 0.6 is 0 Å². The summed E-state index contributed by atoms with van der Waals surface area (Å²) in [6.45, 7) is 4.94. The van der Waals surface area contributed by atoms with Crippen LogP contribution in [0.15, 0.2) is 48.8 Å². The largest absolute Gasteiger partial charge is 0.381 e. The van der Waals surface area contributed by atoms with E-state index in [-0.39, 0.29) is 23.1 Å². The molecule has 1 aromatic carbocycles. The van der Waals surface area contributed by atoms with Gasteiger partial charge in [0, 0.05) is 56.2 Å². The Hall–Kier alpha value is -2.73. The molecule has 158 valence electrons. The Morgan fingerprint density at radius 3 is 2.70 bits per heavy atom. The predicted octanol–water partition coefficient (Wildman–Crippen LogP) is 2.62. The maximum Gasteiger partial charge on any atom is 0.253 e. The molecule has 6 heteroatoms. The number of hydrogen-bond acceptors (Lipinski definition) is 4. The highest BCUT2D eigenvalue weighted by Crippen LogP contribution is 2.44. The van der Waals surface area contributed by atoms with Crippen LogP contribution in [0.5, 0.6) is 0 Å². The van der Waals surface area contributed by atoms with Gasteiger partial charge in [-0.15, -0.1) is 0 Å². The van der Waals surface area contributed by atoms with Crippen LogP contribution in [0.25, 0.3) is 0 Å². The molecule has 1 unspecified atom stereocenters. The van der Waals surface area contributed by atoms with Gasteiger partial charge in [0.1, 0.15) is 0 Å². The molecular formula is C24H29N3O3. The SMILES string of the molecule is Cc1cccc(C(=O)N2CC(C(=O)NCCc3ccncc3)C3(CCOCC3)C2)c1. The van der Waals surface area contributed by atoms with Gasteiger partial charge in [-0.25, -0.2) is 0 Å². The number of amides is 2. The van der Waals surface area contributed by atoms with Crippen LogP contribution < -0.4 is 5.32 Å². The van der Waals surface area contributed by atoms with Gasteiger partial charge in [-0.05, 0) is 56.0 Å². The number of hydrogen-bond donors (Lipinski definition) is 1. The standard InChI is InChI=1S/C24H29N3O3/c1-18-3-2-4-20(15-18)23(29)27-16-21(24(17-27)8-13-30-14-9-24)22(28)26-12-7-19-5-10-25-11-6-19/h2-6,10-11,15,21H,7-9,12-14,16-17H2,1H3,(H,26,28). The molecule has 6 nitrogen and oxygen atoms in total. The highest BCUT2D eigenvalue weighted by atomic mass is 16.5. The molecule has 1 N–H and O–H groups in total. The van der Waals surface area contributed by atoms with E-state index in [2.05, 4.69) is 10.3 Å². The minimum absolute atomic E-state index is 0.0108. The summed E-state index contributed by atoms with van der Waals surface area (Å²) >= 11 is 0. The fourth-order valence-corrected chi connectivity index (χ4v) is 4.73. The minimum Gasteiger partial charge on any atom is -0.381 e. The molecule has 0 saturated carbocycles. The van der Waals surface area contributed by atoms with E-state index in [1.165, 1.54) is 0 Å². The van der Waals surface area contributed by atoms with E-state index in [1.54, 1.807) is 12.4 Å². The molecule has 1 spiro atoms. The number of carbonyl (C=O) groups is 2. The van der Waals surface area contributed by atoms with Crippen LogP contribution in [-0.2, 0) is 16.0 Å².